The van der Waals surface area contributed by atoms with Crippen LogP contribution in [0.4, 0.5) is 4.79 Å². The zero-order valence-corrected chi connectivity index (χ0v) is 10.5. The highest BCUT2D eigenvalue weighted by atomic mass is 16.5. The maximum absolute atomic E-state index is 11.7. The van der Waals surface area contributed by atoms with E-state index < -0.39 is 18.1 Å². The number of nitrogens with zero attached hydrogens (tertiary/aromatic N) is 1. The third kappa shape index (κ3) is 2.64. The standard InChI is InChI=1S/C12H17NO5/c1-4-5-9-8(7-17-2)6-13(12(15)16)10(9)11(14)18-3/h4,7,9-10H,1,5-6H2,2-3H3,(H,15,16)/b8-7-. The van der Waals surface area contributed by atoms with Crippen LogP contribution >= 0.6 is 0 Å². The molecule has 6 nitrogen and oxygen atoms in total. The number of allylic oxidation sites excluding steroid dienone is 1. The monoisotopic (exact) mass is 255 g/mol. The first-order valence-electron chi connectivity index (χ1n) is 5.46. The third-order valence-electron chi connectivity index (χ3n) is 2.92. The van der Waals surface area contributed by atoms with E-state index in [1.165, 1.54) is 20.5 Å². The van der Waals surface area contributed by atoms with Gasteiger partial charge in [0, 0.05) is 12.5 Å². The summed E-state index contributed by atoms with van der Waals surface area (Å²) in [6, 6.07) is -0.841. The minimum absolute atomic E-state index is 0.140. The number of carbonyl (C=O) groups excluding carboxylic acids is 1. The van der Waals surface area contributed by atoms with Gasteiger partial charge >= 0.3 is 12.1 Å². The lowest BCUT2D eigenvalue weighted by Gasteiger charge is -2.22. The fourth-order valence-corrected chi connectivity index (χ4v) is 2.17. The van der Waals surface area contributed by atoms with Gasteiger partial charge < -0.3 is 14.6 Å². The van der Waals surface area contributed by atoms with Gasteiger partial charge in [-0.1, -0.05) is 6.08 Å². The van der Waals surface area contributed by atoms with Crippen molar-refractivity contribution in [1.82, 2.24) is 4.90 Å². The van der Waals surface area contributed by atoms with E-state index in [1.807, 2.05) is 0 Å². The number of esters is 1. The van der Waals surface area contributed by atoms with Crippen molar-refractivity contribution in [3.05, 3.63) is 24.5 Å². The number of hydrogen-bond acceptors (Lipinski definition) is 4. The zero-order chi connectivity index (χ0) is 13.7. The van der Waals surface area contributed by atoms with Crippen molar-refractivity contribution in [3.8, 4) is 0 Å². The average molecular weight is 255 g/mol. The first-order valence-corrected chi connectivity index (χ1v) is 5.46. The molecular formula is C12H17NO5. The predicted octanol–water partition coefficient (Wildman–Crippen LogP) is 1.24. The van der Waals surface area contributed by atoms with E-state index in [2.05, 4.69) is 11.3 Å². The second-order valence-corrected chi connectivity index (χ2v) is 3.94. The number of carbonyl (C=O) groups is 2. The molecule has 1 aliphatic rings. The van der Waals surface area contributed by atoms with E-state index in [1.54, 1.807) is 6.08 Å². The van der Waals surface area contributed by atoms with Crippen molar-refractivity contribution in [3.63, 3.8) is 0 Å². The average Bonchev–Trinajstić information content (AvgIpc) is 2.69. The van der Waals surface area contributed by atoms with Gasteiger partial charge in [0.2, 0.25) is 0 Å². The van der Waals surface area contributed by atoms with Crippen LogP contribution in [-0.4, -0.2) is 48.9 Å². The molecule has 0 aromatic carbocycles. The van der Waals surface area contributed by atoms with Gasteiger partial charge in [-0.2, -0.15) is 0 Å². The molecule has 0 spiro atoms. The maximum atomic E-state index is 11.7. The van der Waals surface area contributed by atoms with E-state index in [0.29, 0.717) is 6.42 Å². The highest BCUT2D eigenvalue weighted by Crippen LogP contribution is 2.33. The Bertz CT molecular complexity index is 377. The SMILES string of the molecule is C=CCC1/C(=C\OC)CN(C(=O)O)C1C(=O)OC. The fraction of sp³-hybridized carbons (Fsp3) is 0.500. The Kier molecular flexibility index (Phi) is 4.76. The molecule has 1 aliphatic heterocycles. The lowest BCUT2D eigenvalue weighted by atomic mass is 9.93. The van der Waals surface area contributed by atoms with Crippen LogP contribution < -0.4 is 0 Å². The van der Waals surface area contributed by atoms with Gasteiger partial charge in [0.05, 0.1) is 20.5 Å². The summed E-state index contributed by atoms with van der Waals surface area (Å²) in [6.07, 6.45) is 2.46. The quantitative estimate of drug-likeness (QED) is 0.464. The molecule has 0 aliphatic carbocycles. The van der Waals surface area contributed by atoms with Crippen LogP contribution in [0.15, 0.2) is 24.5 Å². The lowest BCUT2D eigenvalue weighted by molar-refractivity contribution is -0.146. The van der Waals surface area contributed by atoms with E-state index in [4.69, 9.17) is 9.84 Å². The van der Waals surface area contributed by atoms with Crippen molar-refractivity contribution in [2.75, 3.05) is 20.8 Å². The van der Waals surface area contributed by atoms with Crippen molar-refractivity contribution in [2.24, 2.45) is 5.92 Å². The summed E-state index contributed by atoms with van der Waals surface area (Å²) in [7, 11) is 2.72. The molecule has 0 radical (unpaired) electrons. The lowest BCUT2D eigenvalue weighted by Crippen LogP contribution is -2.43. The second kappa shape index (κ2) is 6.09. The molecule has 1 heterocycles. The van der Waals surface area contributed by atoms with Crippen LogP contribution in [0.5, 0.6) is 0 Å². The highest BCUT2D eigenvalue weighted by molar-refractivity contribution is 5.83. The number of rotatable bonds is 4. The first-order chi connectivity index (χ1) is 8.56. The molecule has 0 bridgehead atoms. The topological polar surface area (TPSA) is 76.1 Å². The number of likely N-dealkylation sites (tertiary alicyclic amines) is 1. The van der Waals surface area contributed by atoms with Crippen molar-refractivity contribution in [1.29, 1.82) is 0 Å². The molecule has 0 aromatic rings. The van der Waals surface area contributed by atoms with Crippen LogP contribution in [0.2, 0.25) is 0 Å². The van der Waals surface area contributed by atoms with Crippen LogP contribution in [0.1, 0.15) is 6.42 Å². The molecule has 2 atom stereocenters. The molecular weight excluding hydrogens is 238 g/mol. The van der Waals surface area contributed by atoms with Crippen LogP contribution in [0.25, 0.3) is 0 Å². The predicted molar refractivity (Wildman–Crippen MR) is 63.9 cm³/mol. The minimum atomic E-state index is -1.15. The van der Waals surface area contributed by atoms with Gasteiger partial charge in [0.1, 0.15) is 6.04 Å². The van der Waals surface area contributed by atoms with Gasteiger partial charge in [0.15, 0.2) is 0 Å². The molecule has 1 fully saturated rings. The normalized spacial score (nSPS) is 25.0. The molecule has 6 heteroatoms. The van der Waals surface area contributed by atoms with Gasteiger partial charge in [-0.05, 0) is 12.0 Å². The van der Waals surface area contributed by atoms with E-state index >= 15 is 0 Å². The Morgan fingerprint density at radius 2 is 2.22 bits per heavy atom. The third-order valence-corrected chi connectivity index (χ3v) is 2.92. The summed E-state index contributed by atoms with van der Waals surface area (Å²) >= 11 is 0. The fourth-order valence-electron chi connectivity index (χ4n) is 2.17. The van der Waals surface area contributed by atoms with E-state index in [-0.39, 0.29) is 12.5 Å². The first kappa shape index (κ1) is 14.1. The molecule has 100 valence electrons. The summed E-state index contributed by atoms with van der Waals surface area (Å²) in [6.45, 7) is 3.76. The maximum Gasteiger partial charge on any atom is 0.408 e. The summed E-state index contributed by atoms with van der Waals surface area (Å²) < 4.78 is 9.60. The highest BCUT2D eigenvalue weighted by Gasteiger charge is 2.45. The Balaban J connectivity index is 3.10. The number of ether oxygens (including phenoxy) is 2. The zero-order valence-electron chi connectivity index (χ0n) is 10.5. The molecule has 1 N–H and O–H groups in total. The van der Waals surface area contributed by atoms with Crippen LogP contribution in [0, 0.1) is 5.92 Å². The summed E-state index contributed by atoms with van der Waals surface area (Å²) in [4.78, 5) is 24.0. The van der Waals surface area contributed by atoms with Crippen molar-refractivity contribution in [2.45, 2.75) is 12.5 Å². The molecule has 1 amide bonds. The summed E-state index contributed by atoms with van der Waals surface area (Å²) in [5, 5.41) is 9.12. The Labute approximate surface area is 105 Å². The Morgan fingerprint density at radius 3 is 2.67 bits per heavy atom. The summed E-state index contributed by atoms with van der Waals surface area (Å²) in [5.41, 5.74) is 0.746. The van der Waals surface area contributed by atoms with Crippen molar-refractivity contribution >= 4 is 12.1 Å². The number of carboxylic acid groups (broad SMARTS) is 1. The number of hydrogen-bond donors (Lipinski definition) is 1. The second-order valence-electron chi connectivity index (χ2n) is 3.94. The molecule has 2 unspecified atom stereocenters. The molecule has 18 heavy (non-hydrogen) atoms. The Morgan fingerprint density at radius 1 is 1.56 bits per heavy atom. The molecule has 1 rings (SSSR count). The molecule has 0 saturated carbocycles. The van der Waals surface area contributed by atoms with Crippen LogP contribution in [-0.2, 0) is 14.3 Å². The minimum Gasteiger partial charge on any atom is -0.504 e. The summed E-state index contributed by atoms with van der Waals surface area (Å²) in [5.74, 6) is -0.852. The number of methoxy groups -OCH3 is 2. The van der Waals surface area contributed by atoms with Crippen molar-refractivity contribution < 1.29 is 24.2 Å². The van der Waals surface area contributed by atoms with Crippen LogP contribution in [0.3, 0.4) is 0 Å². The Hall–Kier alpha value is -1.98. The molecule has 1 saturated heterocycles. The smallest absolute Gasteiger partial charge is 0.408 e. The largest absolute Gasteiger partial charge is 0.504 e. The molecule has 0 aromatic heterocycles. The number of amides is 1. The van der Waals surface area contributed by atoms with Gasteiger partial charge in [0.25, 0.3) is 0 Å². The van der Waals surface area contributed by atoms with E-state index in [9.17, 15) is 9.59 Å². The van der Waals surface area contributed by atoms with Gasteiger partial charge in [-0.25, -0.2) is 9.59 Å². The van der Waals surface area contributed by atoms with Gasteiger partial charge in [-0.15, -0.1) is 6.58 Å². The van der Waals surface area contributed by atoms with Gasteiger partial charge in [-0.3, -0.25) is 4.90 Å². The van der Waals surface area contributed by atoms with E-state index in [0.717, 1.165) is 10.5 Å².